The van der Waals surface area contributed by atoms with Gasteiger partial charge in [0, 0.05) is 12.1 Å². The number of aryl methyl sites for hydroxylation is 1. The molecule has 0 bridgehead atoms. The Bertz CT molecular complexity index is 611. The second-order valence-electron chi connectivity index (χ2n) is 4.75. The Labute approximate surface area is 125 Å². The van der Waals surface area contributed by atoms with Crippen LogP contribution in [0.4, 0.5) is 5.69 Å². The molecule has 0 aliphatic carbocycles. The standard InChI is InChI=1S/C17H21NO3/c1-4-21-15-7-5-6-13(17(15)19)11-18-14-9-8-12(2)10-16(14)20-3/h5-10,18-19H,4,11H2,1-3H3. The second kappa shape index (κ2) is 6.88. The van der Waals surface area contributed by atoms with Crippen molar-refractivity contribution in [2.45, 2.75) is 20.4 Å². The molecule has 0 radical (unpaired) electrons. The number of phenolic OH excluding ortho intramolecular Hbond substituents is 1. The Balaban J connectivity index is 2.15. The lowest BCUT2D eigenvalue weighted by atomic mass is 10.1. The Morgan fingerprint density at radius 2 is 1.95 bits per heavy atom. The molecular weight excluding hydrogens is 266 g/mol. The molecule has 0 saturated heterocycles. The van der Waals surface area contributed by atoms with Crippen LogP contribution in [0, 0.1) is 6.92 Å². The van der Waals surface area contributed by atoms with Gasteiger partial charge in [-0.3, -0.25) is 0 Å². The number of rotatable bonds is 6. The first-order valence-electron chi connectivity index (χ1n) is 6.98. The highest BCUT2D eigenvalue weighted by Gasteiger charge is 2.09. The van der Waals surface area contributed by atoms with Crippen LogP contribution in [-0.2, 0) is 6.54 Å². The lowest BCUT2D eigenvalue weighted by molar-refractivity contribution is 0.317. The van der Waals surface area contributed by atoms with E-state index in [2.05, 4.69) is 5.32 Å². The van der Waals surface area contributed by atoms with Crippen LogP contribution in [-0.4, -0.2) is 18.8 Å². The summed E-state index contributed by atoms with van der Waals surface area (Å²) in [5.74, 6) is 1.47. The van der Waals surface area contributed by atoms with Gasteiger partial charge in [-0.25, -0.2) is 0 Å². The molecule has 0 heterocycles. The van der Waals surface area contributed by atoms with Gasteiger partial charge in [0.1, 0.15) is 5.75 Å². The highest BCUT2D eigenvalue weighted by atomic mass is 16.5. The van der Waals surface area contributed by atoms with Crippen molar-refractivity contribution in [3.05, 3.63) is 47.5 Å². The fraction of sp³-hybridized carbons (Fsp3) is 0.294. The lowest BCUT2D eigenvalue weighted by Crippen LogP contribution is -2.03. The first-order chi connectivity index (χ1) is 10.2. The normalized spacial score (nSPS) is 10.2. The van der Waals surface area contributed by atoms with Crippen molar-refractivity contribution in [3.8, 4) is 17.2 Å². The molecule has 0 amide bonds. The molecule has 0 atom stereocenters. The van der Waals surface area contributed by atoms with Crippen molar-refractivity contribution in [1.29, 1.82) is 0 Å². The number of hydrogen-bond donors (Lipinski definition) is 2. The van der Waals surface area contributed by atoms with Gasteiger partial charge in [0.15, 0.2) is 11.5 Å². The first-order valence-corrected chi connectivity index (χ1v) is 6.98. The third-order valence-corrected chi connectivity index (χ3v) is 3.21. The largest absolute Gasteiger partial charge is 0.504 e. The van der Waals surface area contributed by atoms with Gasteiger partial charge in [-0.15, -0.1) is 0 Å². The van der Waals surface area contributed by atoms with Gasteiger partial charge < -0.3 is 19.9 Å². The van der Waals surface area contributed by atoms with Crippen LogP contribution in [0.1, 0.15) is 18.1 Å². The van der Waals surface area contributed by atoms with Crippen molar-refractivity contribution in [1.82, 2.24) is 0 Å². The van der Waals surface area contributed by atoms with Crippen LogP contribution in [0.5, 0.6) is 17.2 Å². The molecule has 0 unspecified atom stereocenters. The number of phenols is 1. The second-order valence-corrected chi connectivity index (χ2v) is 4.75. The molecule has 0 saturated carbocycles. The smallest absolute Gasteiger partial charge is 0.162 e. The molecule has 0 aliphatic heterocycles. The predicted molar refractivity (Wildman–Crippen MR) is 84.3 cm³/mol. The van der Waals surface area contributed by atoms with E-state index < -0.39 is 0 Å². The van der Waals surface area contributed by atoms with E-state index in [1.807, 2.05) is 44.2 Å². The minimum atomic E-state index is 0.179. The molecule has 112 valence electrons. The summed E-state index contributed by atoms with van der Waals surface area (Å²) >= 11 is 0. The van der Waals surface area contributed by atoms with Gasteiger partial charge >= 0.3 is 0 Å². The van der Waals surface area contributed by atoms with Gasteiger partial charge in [-0.05, 0) is 37.6 Å². The minimum absolute atomic E-state index is 0.179. The Morgan fingerprint density at radius 1 is 1.14 bits per heavy atom. The first kappa shape index (κ1) is 15.0. The maximum absolute atomic E-state index is 10.2. The molecule has 0 aliphatic rings. The molecule has 2 rings (SSSR count). The van der Waals surface area contributed by atoms with E-state index in [1.165, 1.54) is 0 Å². The molecule has 4 nitrogen and oxygen atoms in total. The van der Waals surface area contributed by atoms with Crippen LogP contribution in [0.15, 0.2) is 36.4 Å². The summed E-state index contributed by atoms with van der Waals surface area (Å²) in [6.07, 6.45) is 0. The topological polar surface area (TPSA) is 50.7 Å². The van der Waals surface area contributed by atoms with E-state index in [9.17, 15) is 5.11 Å². The number of benzene rings is 2. The van der Waals surface area contributed by atoms with E-state index in [4.69, 9.17) is 9.47 Å². The molecule has 2 aromatic rings. The average Bonchev–Trinajstić information content (AvgIpc) is 2.49. The number of para-hydroxylation sites is 1. The van der Waals surface area contributed by atoms with E-state index in [0.717, 1.165) is 22.6 Å². The molecule has 4 heteroatoms. The number of anilines is 1. The summed E-state index contributed by atoms with van der Waals surface area (Å²) in [6.45, 7) is 4.92. The number of methoxy groups -OCH3 is 1. The monoisotopic (exact) mass is 287 g/mol. The third-order valence-electron chi connectivity index (χ3n) is 3.21. The average molecular weight is 287 g/mol. The molecule has 21 heavy (non-hydrogen) atoms. The van der Waals surface area contributed by atoms with Crippen LogP contribution in [0.2, 0.25) is 0 Å². The highest BCUT2D eigenvalue weighted by Crippen LogP contribution is 2.31. The minimum Gasteiger partial charge on any atom is -0.504 e. The third kappa shape index (κ3) is 3.60. The molecule has 2 N–H and O–H groups in total. The zero-order valence-corrected chi connectivity index (χ0v) is 12.6. The molecule has 0 aromatic heterocycles. The van der Waals surface area contributed by atoms with Crippen molar-refractivity contribution in [2.24, 2.45) is 0 Å². The fourth-order valence-corrected chi connectivity index (χ4v) is 2.12. The Morgan fingerprint density at radius 3 is 2.67 bits per heavy atom. The van der Waals surface area contributed by atoms with Gasteiger partial charge in [0.2, 0.25) is 0 Å². The molecule has 0 fully saturated rings. The van der Waals surface area contributed by atoms with Crippen molar-refractivity contribution < 1.29 is 14.6 Å². The lowest BCUT2D eigenvalue weighted by Gasteiger charge is -2.14. The predicted octanol–water partition coefficient (Wildman–Crippen LogP) is 3.72. The fourth-order valence-electron chi connectivity index (χ4n) is 2.12. The van der Waals surface area contributed by atoms with Gasteiger partial charge in [-0.1, -0.05) is 18.2 Å². The van der Waals surface area contributed by atoms with Crippen LogP contribution in [0.3, 0.4) is 0 Å². The van der Waals surface area contributed by atoms with Crippen LogP contribution >= 0.6 is 0 Å². The maximum Gasteiger partial charge on any atom is 0.162 e. The van der Waals surface area contributed by atoms with Gasteiger partial charge in [0.25, 0.3) is 0 Å². The van der Waals surface area contributed by atoms with E-state index >= 15 is 0 Å². The zero-order valence-electron chi connectivity index (χ0n) is 12.6. The van der Waals surface area contributed by atoms with Crippen molar-refractivity contribution in [3.63, 3.8) is 0 Å². The quantitative estimate of drug-likeness (QED) is 0.850. The summed E-state index contributed by atoms with van der Waals surface area (Å²) < 4.78 is 10.7. The number of ether oxygens (including phenoxy) is 2. The Kier molecular flexibility index (Phi) is 4.93. The summed E-state index contributed by atoms with van der Waals surface area (Å²) in [5.41, 5.74) is 2.81. The van der Waals surface area contributed by atoms with E-state index in [0.29, 0.717) is 18.9 Å². The Hall–Kier alpha value is -2.36. The summed E-state index contributed by atoms with van der Waals surface area (Å²) in [5, 5.41) is 13.4. The molecule has 0 spiro atoms. The zero-order chi connectivity index (χ0) is 15.2. The number of aromatic hydroxyl groups is 1. The summed E-state index contributed by atoms with van der Waals surface area (Å²) in [4.78, 5) is 0. The van der Waals surface area contributed by atoms with Gasteiger partial charge in [0.05, 0.1) is 19.4 Å². The number of nitrogens with one attached hydrogen (secondary N) is 1. The SMILES string of the molecule is CCOc1cccc(CNc2ccc(C)cc2OC)c1O. The van der Waals surface area contributed by atoms with Crippen molar-refractivity contribution in [2.75, 3.05) is 19.0 Å². The van der Waals surface area contributed by atoms with Crippen LogP contribution < -0.4 is 14.8 Å². The maximum atomic E-state index is 10.2. The van der Waals surface area contributed by atoms with Gasteiger partial charge in [-0.2, -0.15) is 0 Å². The summed E-state index contributed by atoms with van der Waals surface area (Å²) in [6, 6.07) is 11.5. The highest BCUT2D eigenvalue weighted by molar-refractivity contribution is 5.58. The molecular formula is C17H21NO3. The van der Waals surface area contributed by atoms with E-state index in [-0.39, 0.29) is 5.75 Å². The van der Waals surface area contributed by atoms with Crippen molar-refractivity contribution >= 4 is 5.69 Å². The molecule has 2 aromatic carbocycles. The number of hydrogen-bond acceptors (Lipinski definition) is 4. The summed E-state index contributed by atoms with van der Waals surface area (Å²) in [7, 11) is 1.65. The van der Waals surface area contributed by atoms with Crippen LogP contribution in [0.25, 0.3) is 0 Å². The van der Waals surface area contributed by atoms with E-state index in [1.54, 1.807) is 13.2 Å².